The summed E-state index contributed by atoms with van der Waals surface area (Å²) in [5.41, 5.74) is 6.28. The van der Waals surface area contributed by atoms with Gasteiger partial charge in [0.1, 0.15) is 0 Å². The molecule has 66 valence electrons. The van der Waals surface area contributed by atoms with Gasteiger partial charge < -0.3 is 5.73 Å². The second-order valence-electron chi connectivity index (χ2n) is 2.41. The lowest BCUT2D eigenvalue weighted by molar-refractivity contribution is 1.09. The summed E-state index contributed by atoms with van der Waals surface area (Å²) in [6.45, 7) is 0. The van der Waals surface area contributed by atoms with Gasteiger partial charge in [-0.1, -0.05) is 0 Å². The number of hydrogen-bond donors (Lipinski definition) is 3. The zero-order chi connectivity index (χ0) is 9.84. The van der Waals surface area contributed by atoms with E-state index in [-0.39, 0.29) is 5.96 Å². The van der Waals surface area contributed by atoms with Crippen LogP contribution in [0.4, 0.5) is 5.69 Å². The average molecular weight is 175 g/mol. The number of nitriles is 1. The molecule has 0 radical (unpaired) electrons. The Hall–Kier alpha value is -2.06. The molecule has 0 saturated carbocycles. The van der Waals surface area contributed by atoms with Crippen LogP contribution >= 0.6 is 0 Å². The van der Waals surface area contributed by atoms with Crippen LogP contribution < -0.4 is 16.6 Å². The molecular weight excluding hydrogens is 166 g/mol. The van der Waals surface area contributed by atoms with Gasteiger partial charge in [0, 0.05) is 0 Å². The van der Waals surface area contributed by atoms with Gasteiger partial charge in [0.25, 0.3) is 0 Å². The van der Waals surface area contributed by atoms with Crippen LogP contribution in [0.2, 0.25) is 0 Å². The van der Waals surface area contributed by atoms with Crippen molar-refractivity contribution in [2.75, 3.05) is 5.01 Å². The van der Waals surface area contributed by atoms with Crippen molar-refractivity contribution in [3.8, 4) is 6.07 Å². The molecule has 13 heavy (non-hydrogen) atoms. The fourth-order valence-electron chi connectivity index (χ4n) is 0.836. The number of nitrogens with two attached hydrogens (primary N) is 2. The van der Waals surface area contributed by atoms with E-state index in [2.05, 4.69) is 0 Å². The molecule has 5 N–H and O–H groups in total. The third-order valence-corrected chi connectivity index (χ3v) is 1.53. The fraction of sp³-hybridized carbons (Fsp3) is 0. The second-order valence-corrected chi connectivity index (χ2v) is 2.41. The molecule has 0 fully saturated rings. The maximum atomic E-state index is 8.51. The minimum absolute atomic E-state index is 0.246. The lowest BCUT2D eigenvalue weighted by Crippen LogP contribution is -2.42. The Morgan fingerprint density at radius 2 is 1.92 bits per heavy atom. The van der Waals surface area contributed by atoms with Crippen LogP contribution in [0.15, 0.2) is 24.3 Å². The van der Waals surface area contributed by atoms with Crippen molar-refractivity contribution in [1.82, 2.24) is 0 Å². The highest BCUT2D eigenvalue weighted by Gasteiger charge is 2.02. The van der Waals surface area contributed by atoms with Crippen molar-refractivity contribution in [2.45, 2.75) is 0 Å². The van der Waals surface area contributed by atoms with Gasteiger partial charge in [0.15, 0.2) is 0 Å². The molecule has 0 aliphatic heterocycles. The van der Waals surface area contributed by atoms with Gasteiger partial charge in [-0.2, -0.15) is 5.26 Å². The first kappa shape index (κ1) is 9.03. The summed E-state index contributed by atoms with van der Waals surface area (Å²) in [6, 6.07) is 8.45. The highest BCUT2D eigenvalue weighted by molar-refractivity contribution is 5.91. The summed E-state index contributed by atoms with van der Waals surface area (Å²) >= 11 is 0. The average Bonchev–Trinajstić information content (AvgIpc) is 2.17. The standard InChI is InChI=1S/C8H9N5/c9-5-6-1-3-7(4-2-6)13(12)8(10)11/h1-4H,12H2,(H3,10,11). The van der Waals surface area contributed by atoms with Gasteiger partial charge >= 0.3 is 0 Å². The largest absolute Gasteiger partial charge is 0.369 e. The van der Waals surface area contributed by atoms with Crippen molar-refractivity contribution in [3.05, 3.63) is 29.8 Å². The summed E-state index contributed by atoms with van der Waals surface area (Å²) in [6.07, 6.45) is 0. The quantitative estimate of drug-likeness (QED) is 0.244. The van der Waals surface area contributed by atoms with Gasteiger partial charge in [-0.25, -0.2) is 10.9 Å². The summed E-state index contributed by atoms with van der Waals surface area (Å²) in [5.74, 6) is 5.18. The second kappa shape index (κ2) is 3.56. The van der Waals surface area contributed by atoms with E-state index in [4.69, 9.17) is 22.2 Å². The zero-order valence-electron chi connectivity index (χ0n) is 6.86. The predicted molar refractivity (Wildman–Crippen MR) is 49.7 cm³/mol. The molecular formula is C8H9N5. The Balaban J connectivity index is 2.93. The molecule has 5 nitrogen and oxygen atoms in total. The van der Waals surface area contributed by atoms with Gasteiger partial charge in [0.2, 0.25) is 5.96 Å². The van der Waals surface area contributed by atoms with Crippen molar-refractivity contribution >= 4 is 11.6 Å². The van der Waals surface area contributed by atoms with Crippen molar-refractivity contribution in [2.24, 2.45) is 11.6 Å². The van der Waals surface area contributed by atoms with Crippen LogP contribution in [0.3, 0.4) is 0 Å². The molecule has 0 amide bonds. The molecule has 0 aliphatic rings. The maximum Gasteiger partial charge on any atom is 0.207 e. The van der Waals surface area contributed by atoms with Crippen LogP contribution in [-0.4, -0.2) is 5.96 Å². The van der Waals surface area contributed by atoms with E-state index >= 15 is 0 Å². The van der Waals surface area contributed by atoms with E-state index in [0.717, 1.165) is 5.01 Å². The number of hydrogen-bond acceptors (Lipinski definition) is 3. The Morgan fingerprint density at radius 1 is 1.38 bits per heavy atom. The van der Waals surface area contributed by atoms with Crippen LogP contribution in [0.25, 0.3) is 0 Å². The monoisotopic (exact) mass is 175 g/mol. The molecule has 0 saturated heterocycles. The Kier molecular flexibility index (Phi) is 2.47. The van der Waals surface area contributed by atoms with Crippen molar-refractivity contribution in [3.63, 3.8) is 0 Å². The van der Waals surface area contributed by atoms with Crippen molar-refractivity contribution < 1.29 is 0 Å². The number of anilines is 1. The van der Waals surface area contributed by atoms with Gasteiger partial charge in [-0.15, -0.1) is 0 Å². The number of nitrogens with one attached hydrogen (secondary N) is 1. The molecule has 0 bridgehead atoms. The molecule has 0 aromatic heterocycles. The molecule has 0 heterocycles. The Bertz CT molecular complexity index is 348. The van der Waals surface area contributed by atoms with E-state index in [1.54, 1.807) is 24.3 Å². The molecule has 0 aliphatic carbocycles. The number of nitrogens with zero attached hydrogens (tertiary/aromatic N) is 2. The SMILES string of the molecule is N#Cc1ccc(N(N)C(=N)N)cc1. The number of benzene rings is 1. The zero-order valence-corrected chi connectivity index (χ0v) is 6.86. The Morgan fingerprint density at radius 3 is 2.31 bits per heavy atom. The first-order chi connectivity index (χ1) is 6.15. The summed E-state index contributed by atoms with van der Waals surface area (Å²) in [7, 11) is 0. The van der Waals surface area contributed by atoms with E-state index in [1.807, 2.05) is 6.07 Å². The molecule has 0 spiro atoms. The van der Waals surface area contributed by atoms with Crippen molar-refractivity contribution in [1.29, 1.82) is 10.7 Å². The van der Waals surface area contributed by atoms with E-state index < -0.39 is 0 Å². The van der Waals surface area contributed by atoms with Gasteiger partial charge in [-0.3, -0.25) is 5.41 Å². The van der Waals surface area contributed by atoms with Crippen LogP contribution in [0.1, 0.15) is 5.56 Å². The number of hydrazine groups is 1. The predicted octanol–water partition coefficient (Wildman–Crippen LogP) is 0.132. The third kappa shape index (κ3) is 1.95. The lowest BCUT2D eigenvalue weighted by atomic mass is 10.2. The highest BCUT2D eigenvalue weighted by Crippen LogP contribution is 2.10. The maximum absolute atomic E-state index is 8.51. The molecule has 0 unspecified atom stereocenters. The minimum atomic E-state index is -0.246. The van der Waals surface area contributed by atoms with Gasteiger partial charge in [0.05, 0.1) is 17.3 Å². The summed E-state index contributed by atoms with van der Waals surface area (Å²) in [4.78, 5) is 0. The number of guanidine groups is 1. The normalized spacial score (nSPS) is 8.92. The fourth-order valence-corrected chi connectivity index (χ4v) is 0.836. The van der Waals surface area contributed by atoms with Crippen LogP contribution in [0, 0.1) is 16.7 Å². The van der Waals surface area contributed by atoms with Crippen LogP contribution in [-0.2, 0) is 0 Å². The minimum Gasteiger partial charge on any atom is -0.369 e. The molecule has 1 rings (SSSR count). The molecule has 1 aromatic carbocycles. The third-order valence-electron chi connectivity index (χ3n) is 1.53. The molecule has 0 atom stereocenters. The number of rotatable bonds is 1. The van der Waals surface area contributed by atoms with Gasteiger partial charge in [-0.05, 0) is 24.3 Å². The first-order valence-electron chi connectivity index (χ1n) is 3.54. The highest BCUT2D eigenvalue weighted by atomic mass is 15.5. The lowest BCUT2D eigenvalue weighted by Gasteiger charge is -2.15. The van der Waals surface area contributed by atoms with E-state index in [1.165, 1.54) is 0 Å². The smallest absolute Gasteiger partial charge is 0.207 e. The van der Waals surface area contributed by atoms with E-state index in [0.29, 0.717) is 11.3 Å². The Labute approximate surface area is 75.6 Å². The first-order valence-corrected chi connectivity index (χ1v) is 3.54. The molecule has 1 aromatic rings. The topological polar surface area (TPSA) is 103 Å². The van der Waals surface area contributed by atoms with Crippen LogP contribution in [0.5, 0.6) is 0 Å². The van der Waals surface area contributed by atoms with E-state index in [9.17, 15) is 0 Å². The molecule has 5 heteroatoms. The summed E-state index contributed by atoms with van der Waals surface area (Å²) in [5, 5.41) is 16.6. The summed E-state index contributed by atoms with van der Waals surface area (Å²) < 4.78 is 0.